The van der Waals surface area contributed by atoms with Crippen molar-refractivity contribution in [3.8, 4) is 0 Å². The molecule has 0 saturated heterocycles. The van der Waals surface area contributed by atoms with E-state index >= 15 is 0 Å². The zero-order valence-electron chi connectivity index (χ0n) is 10.1. The fourth-order valence-corrected chi connectivity index (χ4v) is 3.03. The Morgan fingerprint density at radius 1 is 1.50 bits per heavy atom. The third-order valence-corrected chi connectivity index (χ3v) is 3.74. The molecule has 0 aliphatic rings. The number of carbonyl (C=O) groups excluding carboxylic acids is 1. The minimum Gasteiger partial charge on any atom is -0.383 e. The maximum atomic E-state index is 12.2. The Kier molecular flexibility index (Phi) is 6.63. The minimum absolute atomic E-state index is 0.0730. The highest BCUT2D eigenvalue weighted by atomic mass is 79.9. The van der Waals surface area contributed by atoms with Gasteiger partial charge in [-0.25, -0.2) is 0 Å². The second kappa shape index (κ2) is 7.48. The largest absolute Gasteiger partial charge is 0.383 e. The number of alkyl halides is 1. The van der Waals surface area contributed by atoms with Crippen molar-refractivity contribution in [2.75, 3.05) is 27.3 Å². The number of rotatable bonds is 5. The summed E-state index contributed by atoms with van der Waals surface area (Å²) in [6.07, 6.45) is 0. The van der Waals surface area contributed by atoms with Crippen LogP contribution in [0.4, 0.5) is 0 Å². The normalized spacial score (nSPS) is 12.3. The molecule has 0 fully saturated rings. The summed E-state index contributed by atoms with van der Waals surface area (Å²) in [4.78, 5) is 13.8. The molecular weight excluding hydrogens is 385 g/mol. The third-order valence-electron chi connectivity index (χ3n) is 2.33. The maximum absolute atomic E-state index is 12.2. The molecule has 1 atom stereocenters. The van der Waals surface area contributed by atoms with Crippen molar-refractivity contribution in [3.63, 3.8) is 0 Å². The minimum atomic E-state index is -0.210. The van der Waals surface area contributed by atoms with E-state index in [-0.39, 0.29) is 11.3 Å². The molecule has 18 heavy (non-hydrogen) atoms. The number of ether oxygens (including phenoxy) is 1. The predicted molar refractivity (Wildman–Crippen MR) is 80.3 cm³/mol. The van der Waals surface area contributed by atoms with Crippen LogP contribution in [0.5, 0.6) is 0 Å². The molecule has 3 nitrogen and oxygen atoms in total. The third kappa shape index (κ3) is 4.53. The summed E-state index contributed by atoms with van der Waals surface area (Å²) >= 11 is 12.8. The lowest BCUT2D eigenvalue weighted by Gasteiger charge is -2.20. The van der Waals surface area contributed by atoms with Crippen LogP contribution in [0.25, 0.3) is 0 Å². The average molecular weight is 400 g/mol. The number of amides is 1. The van der Waals surface area contributed by atoms with Gasteiger partial charge in [0.15, 0.2) is 0 Å². The van der Waals surface area contributed by atoms with Crippen molar-refractivity contribution in [3.05, 3.63) is 32.7 Å². The van der Waals surface area contributed by atoms with E-state index in [1.165, 1.54) is 0 Å². The van der Waals surface area contributed by atoms with Crippen LogP contribution in [-0.2, 0) is 4.74 Å². The molecule has 0 aliphatic heterocycles. The average Bonchev–Trinajstić information content (AvgIpc) is 2.28. The lowest BCUT2D eigenvalue weighted by atomic mass is 10.2. The fraction of sp³-hybridized carbons (Fsp3) is 0.417. The van der Waals surface area contributed by atoms with Gasteiger partial charge in [0.05, 0.1) is 17.5 Å². The van der Waals surface area contributed by atoms with Crippen molar-refractivity contribution in [2.45, 2.75) is 5.38 Å². The molecule has 0 saturated carbocycles. The Morgan fingerprint density at radius 3 is 2.72 bits per heavy atom. The second-order valence-electron chi connectivity index (χ2n) is 3.86. The number of hydrogen-bond donors (Lipinski definition) is 0. The van der Waals surface area contributed by atoms with Crippen LogP contribution >= 0.6 is 43.5 Å². The number of benzene rings is 1. The van der Waals surface area contributed by atoms with Crippen LogP contribution in [0.1, 0.15) is 10.4 Å². The first-order valence-electron chi connectivity index (χ1n) is 5.29. The summed E-state index contributed by atoms with van der Waals surface area (Å²) in [5, 5.41) is -0.210. The first-order chi connectivity index (χ1) is 8.45. The van der Waals surface area contributed by atoms with Crippen molar-refractivity contribution in [1.82, 2.24) is 4.90 Å². The van der Waals surface area contributed by atoms with E-state index in [0.29, 0.717) is 18.7 Å². The topological polar surface area (TPSA) is 29.5 Å². The van der Waals surface area contributed by atoms with Gasteiger partial charge in [0.1, 0.15) is 0 Å². The van der Waals surface area contributed by atoms with Gasteiger partial charge in [0.2, 0.25) is 0 Å². The van der Waals surface area contributed by atoms with Crippen LogP contribution in [0, 0.1) is 0 Å². The van der Waals surface area contributed by atoms with Gasteiger partial charge < -0.3 is 9.64 Å². The SMILES string of the molecule is COCC(Cl)CN(C)C(=O)c1ccc(Br)cc1Br. The van der Waals surface area contributed by atoms with Gasteiger partial charge in [-0.15, -0.1) is 11.6 Å². The van der Waals surface area contributed by atoms with Gasteiger partial charge in [-0.1, -0.05) is 15.9 Å². The standard InChI is InChI=1S/C12H14Br2ClNO2/c1-16(6-9(15)7-18-2)12(17)10-4-3-8(13)5-11(10)14/h3-5,9H,6-7H2,1-2H3. The van der Waals surface area contributed by atoms with Crippen molar-refractivity contribution < 1.29 is 9.53 Å². The molecule has 0 radical (unpaired) electrons. The molecule has 1 rings (SSSR count). The van der Waals surface area contributed by atoms with Gasteiger partial charge in [0, 0.05) is 29.6 Å². The van der Waals surface area contributed by atoms with Gasteiger partial charge >= 0.3 is 0 Å². The predicted octanol–water partition coefficient (Wildman–Crippen LogP) is 3.54. The summed E-state index contributed by atoms with van der Waals surface area (Å²) in [6, 6.07) is 5.44. The first kappa shape index (κ1) is 16.0. The molecular formula is C12H14Br2ClNO2. The Morgan fingerprint density at radius 2 is 2.17 bits per heavy atom. The molecule has 0 bridgehead atoms. The van der Waals surface area contributed by atoms with Crippen molar-refractivity contribution >= 4 is 49.4 Å². The lowest BCUT2D eigenvalue weighted by molar-refractivity contribution is 0.0781. The van der Waals surface area contributed by atoms with Crippen molar-refractivity contribution in [2.24, 2.45) is 0 Å². The molecule has 0 spiro atoms. The molecule has 6 heteroatoms. The smallest absolute Gasteiger partial charge is 0.254 e. The Bertz CT molecular complexity index is 429. The Labute approximate surface area is 129 Å². The highest BCUT2D eigenvalue weighted by Gasteiger charge is 2.17. The lowest BCUT2D eigenvalue weighted by Crippen LogP contribution is -2.34. The summed E-state index contributed by atoms with van der Waals surface area (Å²) in [5.41, 5.74) is 0.613. The van der Waals surface area contributed by atoms with Crippen molar-refractivity contribution in [1.29, 1.82) is 0 Å². The summed E-state index contributed by atoms with van der Waals surface area (Å²) in [6.45, 7) is 0.859. The second-order valence-corrected chi connectivity index (χ2v) is 6.25. The number of hydrogen-bond acceptors (Lipinski definition) is 2. The number of nitrogens with zero attached hydrogens (tertiary/aromatic N) is 1. The van der Waals surface area contributed by atoms with E-state index in [2.05, 4.69) is 31.9 Å². The van der Waals surface area contributed by atoms with E-state index < -0.39 is 0 Å². The Hall–Kier alpha value is -0.100. The molecule has 100 valence electrons. The van der Waals surface area contributed by atoms with Crippen LogP contribution in [0.2, 0.25) is 0 Å². The number of carbonyl (C=O) groups is 1. The summed E-state index contributed by atoms with van der Waals surface area (Å²) in [7, 11) is 3.31. The van der Waals surface area contributed by atoms with E-state index in [0.717, 1.165) is 8.95 Å². The fourth-order valence-electron chi connectivity index (χ4n) is 1.48. The molecule has 0 aliphatic carbocycles. The Balaban J connectivity index is 2.74. The number of methoxy groups -OCH3 is 1. The van der Waals surface area contributed by atoms with Crippen LogP contribution in [0.15, 0.2) is 27.1 Å². The zero-order valence-corrected chi connectivity index (χ0v) is 14.0. The molecule has 1 amide bonds. The van der Waals surface area contributed by atoms with Crippen LogP contribution < -0.4 is 0 Å². The molecule has 0 heterocycles. The van der Waals surface area contributed by atoms with Gasteiger partial charge in [0.25, 0.3) is 5.91 Å². The summed E-state index contributed by atoms with van der Waals surface area (Å²) < 4.78 is 6.62. The molecule has 1 aromatic rings. The van der Waals surface area contributed by atoms with Gasteiger partial charge in [-0.3, -0.25) is 4.79 Å². The van der Waals surface area contributed by atoms with Crippen LogP contribution in [-0.4, -0.2) is 43.5 Å². The first-order valence-corrected chi connectivity index (χ1v) is 7.31. The highest BCUT2D eigenvalue weighted by molar-refractivity contribution is 9.11. The maximum Gasteiger partial charge on any atom is 0.254 e. The molecule has 0 N–H and O–H groups in total. The number of halogens is 3. The monoisotopic (exact) mass is 397 g/mol. The summed E-state index contributed by atoms with van der Waals surface area (Å²) in [5.74, 6) is -0.0730. The molecule has 1 unspecified atom stereocenters. The molecule has 1 aromatic carbocycles. The van der Waals surface area contributed by atoms with E-state index in [4.69, 9.17) is 16.3 Å². The van der Waals surface area contributed by atoms with E-state index in [1.807, 2.05) is 12.1 Å². The quantitative estimate of drug-likeness (QED) is 0.709. The van der Waals surface area contributed by atoms with E-state index in [1.54, 1.807) is 25.1 Å². The van der Waals surface area contributed by atoms with E-state index in [9.17, 15) is 4.79 Å². The highest BCUT2D eigenvalue weighted by Crippen LogP contribution is 2.23. The molecule has 0 aromatic heterocycles. The van der Waals surface area contributed by atoms with Gasteiger partial charge in [-0.05, 0) is 34.1 Å². The van der Waals surface area contributed by atoms with Gasteiger partial charge in [-0.2, -0.15) is 0 Å². The van der Waals surface area contributed by atoms with Crippen LogP contribution in [0.3, 0.4) is 0 Å². The zero-order chi connectivity index (χ0) is 13.7.